The zero-order valence-corrected chi connectivity index (χ0v) is 15.6. The van der Waals surface area contributed by atoms with Gasteiger partial charge in [0.2, 0.25) is 11.8 Å². The fourth-order valence-corrected chi connectivity index (χ4v) is 3.44. The molecule has 5 nitrogen and oxygen atoms in total. The monoisotopic (exact) mass is 345 g/mol. The van der Waals surface area contributed by atoms with Crippen LogP contribution in [0.15, 0.2) is 24.5 Å². The van der Waals surface area contributed by atoms with Gasteiger partial charge in [-0.1, -0.05) is 27.2 Å². The van der Waals surface area contributed by atoms with Crippen molar-refractivity contribution in [3.05, 3.63) is 30.1 Å². The quantitative estimate of drug-likeness (QED) is 0.798. The van der Waals surface area contributed by atoms with Crippen LogP contribution in [-0.4, -0.2) is 22.8 Å². The number of nitrogens with one attached hydrogen (secondary N) is 2. The van der Waals surface area contributed by atoms with E-state index in [0.717, 1.165) is 37.2 Å². The number of carbonyl (C=O) groups is 2. The largest absolute Gasteiger partial charge is 0.350 e. The molecule has 1 heterocycles. The normalized spacial score (nSPS) is 21.6. The molecule has 0 saturated heterocycles. The zero-order valence-electron chi connectivity index (χ0n) is 15.6. The van der Waals surface area contributed by atoms with E-state index in [1.807, 2.05) is 26.0 Å². The van der Waals surface area contributed by atoms with Gasteiger partial charge in [-0.2, -0.15) is 0 Å². The summed E-state index contributed by atoms with van der Waals surface area (Å²) < 4.78 is 0. The van der Waals surface area contributed by atoms with Crippen LogP contribution in [-0.2, 0) is 16.1 Å². The van der Waals surface area contributed by atoms with E-state index >= 15 is 0 Å². The first-order valence-corrected chi connectivity index (χ1v) is 9.48. The lowest BCUT2D eigenvalue weighted by molar-refractivity contribution is -0.133. The average Bonchev–Trinajstić information content (AvgIpc) is 2.64. The van der Waals surface area contributed by atoms with E-state index in [-0.39, 0.29) is 23.7 Å². The molecule has 1 aliphatic carbocycles. The Bertz CT molecular complexity index is 551. The van der Waals surface area contributed by atoms with E-state index in [1.165, 1.54) is 6.42 Å². The summed E-state index contributed by atoms with van der Waals surface area (Å²) in [6.45, 7) is 6.59. The first-order chi connectivity index (χ1) is 12.0. The fourth-order valence-electron chi connectivity index (χ4n) is 3.44. The second-order valence-electron chi connectivity index (χ2n) is 7.43. The molecular weight excluding hydrogens is 314 g/mol. The maximum absolute atomic E-state index is 12.6. The molecule has 25 heavy (non-hydrogen) atoms. The Kier molecular flexibility index (Phi) is 7.41. The number of carbonyl (C=O) groups excluding carboxylic acids is 2. The topological polar surface area (TPSA) is 71.1 Å². The molecule has 2 N–H and O–H groups in total. The van der Waals surface area contributed by atoms with Crippen LogP contribution in [0.5, 0.6) is 0 Å². The fraction of sp³-hybridized carbons (Fsp3) is 0.650. The molecule has 0 radical (unpaired) electrons. The Morgan fingerprint density at radius 2 is 1.80 bits per heavy atom. The van der Waals surface area contributed by atoms with E-state index in [9.17, 15) is 9.59 Å². The molecule has 1 saturated carbocycles. The lowest BCUT2D eigenvalue weighted by Gasteiger charge is -2.29. The molecule has 1 fully saturated rings. The van der Waals surface area contributed by atoms with Crippen LogP contribution in [0.1, 0.15) is 58.4 Å². The van der Waals surface area contributed by atoms with Crippen molar-refractivity contribution < 1.29 is 9.59 Å². The van der Waals surface area contributed by atoms with Crippen LogP contribution in [0.3, 0.4) is 0 Å². The number of nitrogens with zero attached hydrogens (tertiary/aromatic N) is 1. The maximum atomic E-state index is 12.6. The van der Waals surface area contributed by atoms with Gasteiger partial charge in [0.25, 0.3) is 0 Å². The van der Waals surface area contributed by atoms with Gasteiger partial charge >= 0.3 is 0 Å². The second-order valence-corrected chi connectivity index (χ2v) is 7.43. The summed E-state index contributed by atoms with van der Waals surface area (Å²) in [6, 6.07) is 3.25. The van der Waals surface area contributed by atoms with Gasteiger partial charge in [-0.15, -0.1) is 0 Å². The van der Waals surface area contributed by atoms with Gasteiger partial charge in [0, 0.05) is 24.9 Å². The lowest BCUT2D eigenvalue weighted by atomic mass is 9.80. The van der Waals surface area contributed by atoms with Gasteiger partial charge in [0.1, 0.15) is 6.04 Å². The van der Waals surface area contributed by atoms with Crippen molar-refractivity contribution in [1.29, 1.82) is 0 Å². The Labute approximate surface area is 151 Å². The number of rotatable bonds is 7. The molecule has 1 atom stereocenters. The standard InChI is InChI=1S/C20H31N3O2/c1-4-15-5-7-17(8-6-15)19(24)23-18(14(2)3)20(25)22-13-16-9-11-21-12-10-16/h9-12,14-15,17-18H,4-8,13H2,1-3H3,(H,22,25)(H,23,24)/t15?,17?,18-/m1/s1. The molecule has 138 valence electrons. The van der Waals surface area contributed by atoms with E-state index in [0.29, 0.717) is 6.54 Å². The van der Waals surface area contributed by atoms with E-state index in [1.54, 1.807) is 12.4 Å². The van der Waals surface area contributed by atoms with Gasteiger partial charge < -0.3 is 10.6 Å². The van der Waals surface area contributed by atoms with Crippen molar-refractivity contribution in [2.24, 2.45) is 17.8 Å². The van der Waals surface area contributed by atoms with Gasteiger partial charge in [0.15, 0.2) is 0 Å². The van der Waals surface area contributed by atoms with Gasteiger partial charge in [-0.05, 0) is 55.2 Å². The third-order valence-electron chi connectivity index (χ3n) is 5.26. The molecule has 5 heteroatoms. The third kappa shape index (κ3) is 5.83. The summed E-state index contributed by atoms with van der Waals surface area (Å²) in [5.41, 5.74) is 0.995. The van der Waals surface area contributed by atoms with Crippen LogP contribution in [0.2, 0.25) is 0 Å². The summed E-state index contributed by atoms with van der Waals surface area (Å²) >= 11 is 0. The molecule has 1 aromatic heterocycles. The van der Waals surface area contributed by atoms with E-state index in [4.69, 9.17) is 0 Å². The minimum absolute atomic E-state index is 0.0346. The highest BCUT2D eigenvalue weighted by atomic mass is 16.2. The highest BCUT2D eigenvalue weighted by Crippen LogP contribution is 2.30. The first-order valence-electron chi connectivity index (χ1n) is 9.48. The molecule has 1 aliphatic rings. The highest BCUT2D eigenvalue weighted by Gasteiger charge is 2.30. The molecule has 0 bridgehead atoms. The molecular formula is C20H31N3O2. The first kappa shape index (κ1) is 19.4. The Morgan fingerprint density at radius 1 is 1.16 bits per heavy atom. The molecule has 2 amide bonds. The molecule has 0 aromatic carbocycles. The van der Waals surface area contributed by atoms with Gasteiger partial charge in [-0.25, -0.2) is 0 Å². The third-order valence-corrected chi connectivity index (χ3v) is 5.26. The molecule has 1 aromatic rings. The second kappa shape index (κ2) is 9.54. The van der Waals surface area contributed by atoms with Crippen LogP contribution in [0.25, 0.3) is 0 Å². The molecule has 0 spiro atoms. The van der Waals surface area contributed by atoms with Crippen LogP contribution in [0, 0.1) is 17.8 Å². The van der Waals surface area contributed by atoms with Crippen molar-refractivity contribution in [2.75, 3.05) is 0 Å². The summed E-state index contributed by atoms with van der Waals surface area (Å²) in [6.07, 6.45) is 8.72. The summed E-state index contributed by atoms with van der Waals surface area (Å²) in [5.74, 6) is 0.772. The highest BCUT2D eigenvalue weighted by molar-refractivity contribution is 5.88. The number of hydrogen-bond donors (Lipinski definition) is 2. The molecule has 0 unspecified atom stereocenters. The number of pyridine rings is 1. The minimum Gasteiger partial charge on any atom is -0.350 e. The summed E-state index contributed by atoms with van der Waals surface area (Å²) in [4.78, 5) is 29.1. The van der Waals surface area contributed by atoms with E-state index < -0.39 is 6.04 Å². The van der Waals surface area contributed by atoms with E-state index in [2.05, 4.69) is 22.5 Å². The van der Waals surface area contributed by atoms with Crippen molar-refractivity contribution in [2.45, 2.75) is 65.5 Å². The Balaban J connectivity index is 1.87. The van der Waals surface area contributed by atoms with Gasteiger partial charge in [-0.3, -0.25) is 14.6 Å². The average molecular weight is 345 g/mol. The Hall–Kier alpha value is -1.91. The smallest absolute Gasteiger partial charge is 0.243 e. The molecule has 2 rings (SSSR count). The molecule has 0 aliphatic heterocycles. The maximum Gasteiger partial charge on any atom is 0.243 e. The summed E-state index contributed by atoms with van der Waals surface area (Å²) in [5, 5.41) is 5.92. The predicted molar refractivity (Wildman–Crippen MR) is 98.6 cm³/mol. The lowest BCUT2D eigenvalue weighted by Crippen LogP contribution is -2.51. The number of aromatic nitrogens is 1. The Morgan fingerprint density at radius 3 is 2.36 bits per heavy atom. The SMILES string of the molecule is CCC1CCC(C(=O)N[C@@H](C(=O)NCc2ccncc2)C(C)C)CC1. The minimum atomic E-state index is -0.488. The van der Waals surface area contributed by atoms with Crippen molar-refractivity contribution in [1.82, 2.24) is 15.6 Å². The zero-order chi connectivity index (χ0) is 18.2. The summed E-state index contributed by atoms with van der Waals surface area (Å²) in [7, 11) is 0. The van der Waals surface area contributed by atoms with Crippen LogP contribution in [0.4, 0.5) is 0 Å². The van der Waals surface area contributed by atoms with Crippen molar-refractivity contribution in [3.63, 3.8) is 0 Å². The van der Waals surface area contributed by atoms with Crippen LogP contribution >= 0.6 is 0 Å². The van der Waals surface area contributed by atoms with Crippen LogP contribution < -0.4 is 10.6 Å². The van der Waals surface area contributed by atoms with Crippen molar-refractivity contribution >= 4 is 11.8 Å². The van der Waals surface area contributed by atoms with Gasteiger partial charge in [0.05, 0.1) is 0 Å². The predicted octanol–water partition coefficient (Wildman–Crippen LogP) is 3.06. The number of hydrogen-bond acceptors (Lipinski definition) is 3. The number of amides is 2. The van der Waals surface area contributed by atoms with Crippen molar-refractivity contribution in [3.8, 4) is 0 Å².